The summed E-state index contributed by atoms with van der Waals surface area (Å²) in [5.74, 6) is -0.0733. The number of aryl methyl sites for hydroxylation is 1. The van der Waals surface area contributed by atoms with Crippen LogP contribution in [-0.4, -0.2) is 5.91 Å². The normalized spacial score (nSPS) is 12.5. The van der Waals surface area contributed by atoms with E-state index in [-0.39, 0.29) is 12.3 Å². The van der Waals surface area contributed by atoms with E-state index in [9.17, 15) is 4.79 Å². The zero-order valence-corrected chi connectivity index (χ0v) is 15.7. The molecule has 3 heteroatoms. The van der Waals surface area contributed by atoms with Crippen LogP contribution in [0.3, 0.4) is 0 Å². The van der Waals surface area contributed by atoms with Crippen LogP contribution >= 0.6 is 11.6 Å². The Balaban J connectivity index is 1.49. The van der Waals surface area contributed by atoms with Crippen molar-refractivity contribution in [2.75, 3.05) is 5.32 Å². The molecular formula is C24H20ClNO. The second-order valence-corrected chi connectivity index (χ2v) is 7.12. The monoisotopic (exact) mass is 373 g/mol. The molecule has 3 aromatic carbocycles. The van der Waals surface area contributed by atoms with Gasteiger partial charge in [-0.15, -0.1) is 0 Å². The van der Waals surface area contributed by atoms with Crippen molar-refractivity contribution < 1.29 is 4.79 Å². The fraction of sp³-hybridized carbons (Fsp3) is 0.125. The SMILES string of the molecule is O=C(Cc1ccccc1Cl)Nc1ccc(-c2cccc3c2C=CCC3)cc1. The molecule has 4 rings (SSSR count). The Kier molecular flexibility index (Phi) is 5.08. The predicted molar refractivity (Wildman–Crippen MR) is 113 cm³/mol. The smallest absolute Gasteiger partial charge is 0.228 e. The minimum atomic E-state index is -0.0733. The standard InChI is InChI=1S/C24H20ClNO/c25-23-11-4-2-7-19(23)16-24(27)26-20-14-12-18(13-15-20)22-10-5-8-17-6-1-3-9-21(17)22/h2-5,7-15H,1,6,16H2,(H,26,27). The molecule has 0 atom stereocenters. The van der Waals surface area contributed by atoms with Gasteiger partial charge in [0.05, 0.1) is 6.42 Å². The largest absolute Gasteiger partial charge is 0.326 e. The lowest BCUT2D eigenvalue weighted by molar-refractivity contribution is -0.115. The first-order valence-electron chi connectivity index (χ1n) is 9.13. The van der Waals surface area contributed by atoms with Gasteiger partial charge in [0, 0.05) is 10.7 Å². The summed E-state index contributed by atoms with van der Waals surface area (Å²) in [6.07, 6.45) is 6.91. The number of nitrogens with one attached hydrogen (secondary N) is 1. The zero-order chi connectivity index (χ0) is 18.6. The zero-order valence-electron chi connectivity index (χ0n) is 14.9. The Morgan fingerprint density at radius 3 is 2.59 bits per heavy atom. The van der Waals surface area contributed by atoms with E-state index >= 15 is 0 Å². The Morgan fingerprint density at radius 1 is 0.963 bits per heavy atom. The summed E-state index contributed by atoms with van der Waals surface area (Å²) >= 11 is 6.13. The lowest BCUT2D eigenvalue weighted by atomic mass is 9.90. The number of carbonyl (C=O) groups excluding carboxylic acids is 1. The van der Waals surface area contributed by atoms with Gasteiger partial charge in [-0.1, -0.05) is 72.3 Å². The van der Waals surface area contributed by atoms with E-state index in [4.69, 9.17) is 11.6 Å². The topological polar surface area (TPSA) is 29.1 Å². The first-order valence-corrected chi connectivity index (χ1v) is 9.50. The van der Waals surface area contributed by atoms with Crippen LogP contribution in [0.5, 0.6) is 0 Å². The number of carbonyl (C=O) groups is 1. The molecule has 0 saturated carbocycles. The molecule has 2 nitrogen and oxygen atoms in total. The Bertz CT molecular complexity index is 1010. The van der Waals surface area contributed by atoms with E-state index in [1.807, 2.05) is 30.3 Å². The molecule has 0 heterocycles. The van der Waals surface area contributed by atoms with Crippen LogP contribution in [0.15, 0.2) is 72.8 Å². The molecule has 1 N–H and O–H groups in total. The van der Waals surface area contributed by atoms with Gasteiger partial charge in [-0.3, -0.25) is 4.79 Å². The van der Waals surface area contributed by atoms with Crippen LogP contribution < -0.4 is 5.32 Å². The van der Waals surface area contributed by atoms with Crippen molar-refractivity contribution in [1.82, 2.24) is 0 Å². The van der Waals surface area contributed by atoms with Gasteiger partial charge >= 0.3 is 0 Å². The summed E-state index contributed by atoms with van der Waals surface area (Å²) in [4.78, 5) is 12.3. The van der Waals surface area contributed by atoms with Gasteiger partial charge in [0.25, 0.3) is 0 Å². The number of benzene rings is 3. The fourth-order valence-corrected chi connectivity index (χ4v) is 3.68. The third kappa shape index (κ3) is 3.96. The minimum absolute atomic E-state index is 0.0733. The number of hydrogen-bond donors (Lipinski definition) is 1. The molecule has 1 aliphatic rings. The maximum atomic E-state index is 12.3. The van der Waals surface area contributed by atoms with Crippen LogP contribution in [0.4, 0.5) is 5.69 Å². The van der Waals surface area contributed by atoms with Crippen molar-refractivity contribution in [3.63, 3.8) is 0 Å². The first-order chi connectivity index (χ1) is 13.2. The van der Waals surface area contributed by atoms with E-state index in [0.29, 0.717) is 5.02 Å². The van der Waals surface area contributed by atoms with Gasteiger partial charge in [0.1, 0.15) is 0 Å². The molecule has 1 aliphatic carbocycles. The van der Waals surface area contributed by atoms with Crippen LogP contribution in [0, 0.1) is 0 Å². The van der Waals surface area contributed by atoms with E-state index in [1.165, 1.54) is 16.7 Å². The van der Waals surface area contributed by atoms with Crippen molar-refractivity contribution >= 4 is 29.3 Å². The molecule has 0 saturated heterocycles. The van der Waals surface area contributed by atoms with Gasteiger partial charge in [-0.25, -0.2) is 0 Å². The summed E-state index contributed by atoms with van der Waals surface area (Å²) in [6, 6.07) is 21.9. The number of rotatable bonds is 4. The van der Waals surface area contributed by atoms with Gasteiger partial charge in [-0.05, 0) is 58.9 Å². The summed E-state index contributed by atoms with van der Waals surface area (Å²) in [7, 11) is 0. The maximum absolute atomic E-state index is 12.3. The molecule has 0 aliphatic heterocycles. The first kappa shape index (κ1) is 17.6. The molecule has 0 unspecified atom stereocenters. The number of anilines is 1. The van der Waals surface area contributed by atoms with Gasteiger partial charge < -0.3 is 5.32 Å². The van der Waals surface area contributed by atoms with Gasteiger partial charge in [0.15, 0.2) is 0 Å². The van der Waals surface area contributed by atoms with Crippen LogP contribution in [0.25, 0.3) is 17.2 Å². The Morgan fingerprint density at radius 2 is 1.78 bits per heavy atom. The summed E-state index contributed by atoms with van der Waals surface area (Å²) in [5.41, 5.74) is 6.71. The van der Waals surface area contributed by atoms with E-state index in [1.54, 1.807) is 6.07 Å². The highest BCUT2D eigenvalue weighted by atomic mass is 35.5. The van der Waals surface area contributed by atoms with E-state index in [2.05, 4.69) is 47.8 Å². The molecule has 0 aromatic heterocycles. The lowest BCUT2D eigenvalue weighted by Gasteiger charge is -2.15. The average Bonchev–Trinajstić information content (AvgIpc) is 2.70. The minimum Gasteiger partial charge on any atom is -0.326 e. The molecule has 0 spiro atoms. The summed E-state index contributed by atoms with van der Waals surface area (Å²) in [5, 5.41) is 3.56. The van der Waals surface area contributed by atoms with Crippen LogP contribution in [0.2, 0.25) is 5.02 Å². The molecular weight excluding hydrogens is 354 g/mol. The van der Waals surface area contributed by atoms with Gasteiger partial charge in [-0.2, -0.15) is 0 Å². The lowest BCUT2D eigenvalue weighted by Crippen LogP contribution is -2.14. The van der Waals surface area contributed by atoms with Crippen molar-refractivity contribution in [3.05, 3.63) is 94.5 Å². The van der Waals surface area contributed by atoms with E-state index < -0.39 is 0 Å². The predicted octanol–water partition coefficient (Wildman–Crippen LogP) is 6.15. The molecule has 1 amide bonds. The second kappa shape index (κ2) is 7.81. The fourth-order valence-electron chi connectivity index (χ4n) is 3.47. The highest BCUT2D eigenvalue weighted by Gasteiger charge is 2.11. The Hall–Kier alpha value is -2.84. The number of halogens is 1. The number of allylic oxidation sites excluding steroid dienone is 1. The molecule has 0 bridgehead atoms. The number of amides is 1. The third-order valence-electron chi connectivity index (χ3n) is 4.85. The third-order valence-corrected chi connectivity index (χ3v) is 5.22. The summed E-state index contributed by atoms with van der Waals surface area (Å²) < 4.78 is 0. The number of fused-ring (bicyclic) bond motifs is 1. The maximum Gasteiger partial charge on any atom is 0.228 e. The van der Waals surface area contributed by atoms with Crippen LogP contribution in [0.1, 0.15) is 23.1 Å². The number of hydrogen-bond acceptors (Lipinski definition) is 1. The summed E-state index contributed by atoms with van der Waals surface area (Å²) in [6.45, 7) is 0. The van der Waals surface area contributed by atoms with Crippen LogP contribution in [-0.2, 0) is 17.6 Å². The molecule has 134 valence electrons. The molecule has 3 aromatic rings. The quantitative estimate of drug-likeness (QED) is 0.584. The Labute approximate surface area is 164 Å². The highest BCUT2D eigenvalue weighted by molar-refractivity contribution is 6.31. The molecule has 0 fully saturated rings. The van der Waals surface area contributed by atoms with Crippen molar-refractivity contribution in [2.24, 2.45) is 0 Å². The molecule has 0 radical (unpaired) electrons. The van der Waals surface area contributed by atoms with Crippen molar-refractivity contribution in [3.8, 4) is 11.1 Å². The van der Waals surface area contributed by atoms with Crippen molar-refractivity contribution in [1.29, 1.82) is 0 Å². The second-order valence-electron chi connectivity index (χ2n) is 6.71. The highest BCUT2D eigenvalue weighted by Crippen LogP contribution is 2.31. The average molecular weight is 374 g/mol. The van der Waals surface area contributed by atoms with Crippen molar-refractivity contribution in [2.45, 2.75) is 19.3 Å². The van der Waals surface area contributed by atoms with E-state index in [0.717, 1.165) is 29.7 Å². The van der Waals surface area contributed by atoms with Gasteiger partial charge in [0.2, 0.25) is 5.91 Å². The molecule has 27 heavy (non-hydrogen) atoms.